The first-order valence-corrected chi connectivity index (χ1v) is 39.5. The molecule has 13 rings (SSSR count). The molecule has 5 aliphatic heterocycles. The maximum absolute atomic E-state index is 11.6. The van der Waals surface area contributed by atoms with Gasteiger partial charge >= 0.3 is 18.4 Å². The summed E-state index contributed by atoms with van der Waals surface area (Å²) in [6.45, 7) is 28.6. The lowest BCUT2D eigenvalue weighted by molar-refractivity contribution is -0.0295. The lowest BCUT2D eigenvalue weighted by Crippen LogP contribution is -2.53. The summed E-state index contributed by atoms with van der Waals surface area (Å²) in [6, 6.07) is 72.3. The number of aliphatic hydroxyl groups is 4. The molecule has 22 nitrogen and oxygen atoms in total. The summed E-state index contributed by atoms with van der Waals surface area (Å²) in [5.41, 5.74) is 15.9. The highest BCUT2D eigenvalue weighted by Gasteiger charge is 2.32. The van der Waals surface area contributed by atoms with Crippen molar-refractivity contribution in [2.45, 2.75) is 193 Å². The van der Waals surface area contributed by atoms with Crippen LogP contribution >= 0.6 is 0 Å². The van der Waals surface area contributed by atoms with Crippen LogP contribution in [0.1, 0.15) is 122 Å². The van der Waals surface area contributed by atoms with Crippen LogP contribution in [-0.2, 0) is 51.7 Å². The van der Waals surface area contributed by atoms with Crippen molar-refractivity contribution in [2.24, 2.45) is 11.5 Å². The minimum absolute atomic E-state index is 0.0521. The SMILES string of the molecule is C1=CCN(Cc2ccccc2)CC1.CC(C)(C)OC(=O)N1CC[C@H](O)[C@@H](N)C1.CC(C)(C)OC(=O)OC(=O)OC(C)(C)C.COc1cccc2ccccc12.N[C@H]1CNCC[C@@H]1O.O[C@H]1CCN(Cc2ccccc2)C[C@@H]1NCc1ccccc1.O[C@H]1CCN(Cc2ccccc2)C[C@@H]1NCc1ccccc1.c1ccncc1. The van der Waals surface area contributed by atoms with E-state index in [-0.39, 0.29) is 48.6 Å². The average molecular weight is 1550 g/mol. The second-order valence-electron chi connectivity index (χ2n) is 31.5. The van der Waals surface area contributed by atoms with Crippen LogP contribution in [0.4, 0.5) is 14.4 Å². The zero-order valence-electron chi connectivity index (χ0n) is 68.2. The summed E-state index contributed by atoms with van der Waals surface area (Å²) in [5, 5.41) is 51.4. The molecule has 0 unspecified atom stereocenters. The van der Waals surface area contributed by atoms with Gasteiger partial charge in [-0.05, 0) is 152 Å². The Morgan fingerprint density at radius 2 is 0.876 bits per heavy atom. The normalized spacial score (nSPS) is 20.4. The molecule has 1 aromatic heterocycles. The van der Waals surface area contributed by atoms with Crippen LogP contribution in [0.3, 0.4) is 0 Å². The van der Waals surface area contributed by atoms with Gasteiger partial charge in [-0.2, -0.15) is 0 Å². The number of likely N-dealkylation sites (tertiary alicyclic amines) is 3. The monoisotopic (exact) mass is 1550 g/mol. The number of aromatic nitrogens is 1. The molecule has 614 valence electrons. The second kappa shape index (κ2) is 50.3. The molecule has 0 aliphatic carbocycles. The third-order valence-corrected chi connectivity index (χ3v) is 18.3. The number of rotatable bonds is 13. The standard InChI is InChI=1S/2C19H24N2O.C12H15N.C11H10O.C10H20N2O3.C10H18O5.C5H12N2O.C5H5N/c2*22-19-11-12-21(14-17-9-5-2-6-10-17)15-18(19)20-13-16-7-3-1-4-8-16;1-3-7-12(8-4-1)11-13-9-5-2-6-10-13;1-12-11-8-4-6-9-5-2-3-7-10(9)11;1-10(2,3)15-9(14)12-5-4-8(13)7(11)6-12;1-9(2,3)14-7(11)13-8(12)15-10(4,5)6;6-4-3-7-2-1-5(4)8;1-2-4-6-5-3-1/h2*1-10,18-20,22H,11-15H2;1-5,7-8H,6,9-11H2;2-8H,1H3;7-8,13H,4-6,11H2,1-3H3;1-6H3;4-5,7-8H,1-3,6H2;1-5H/t2*18-,19-;;;7-,8-;;4-,5-;/m00..0.0./s1. The van der Waals surface area contributed by atoms with Crippen LogP contribution in [0.2, 0.25) is 0 Å². The van der Waals surface area contributed by atoms with Crippen molar-refractivity contribution >= 4 is 29.2 Å². The fourth-order valence-electron chi connectivity index (χ4n) is 12.4. The highest BCUT2D eigenvalue weighted by atomic mass is 16.8. The van der Waals surface area contributed by atoms with Crippen molar-refractivity contribution in [1.82, 2.24) is 40.5 Å². The number of amides is 1. The molecule has 0 radical (unpaired) electrons. The van der Waals surface area contributed by atoms with E-state index in [9.17, 15) is 29.7 Å². The van der Waals surface area contributed by atoms with Crippen LogP contribution in [-0.4, -0.2) is 201 Å². The third-order valence-electron chi connectivity index (χ3n) is 18.3. The smallest absolute Gasteiger partial charge is 0.496 e. The Hall–Kier alpha value is -8.98. The molecular formula is C91H128N10O12. The van der Waals surface area contributed by atoms with Crippen LogP contribution in [0, 0.1) is 0 Å². The third kappa shape index (κ3) is 39.6. The predicted octanol–water partition coefficient (Wildman–Crippen LogP) is 13.1. The fourth-order valence-corrected chi connectivity index (χ4v) is 12.4. The number of aliphatic hydroxyl groups excluding tert-OH is 4. The van der Waals surface area contributed by atoms with E-state index < -0.39 is 35.2 Å². The van der Waals surface area contributed by atoms with Crippen molar-refractivity contribution in [3.8, 4) is 5.75 Å². The van der Waals surface area contributed by atoms with E-state index >= 15 is 0 Å². The molecule has 4 saturated heterocycles. The summed E-state index contributed by atoms with van der Waals surface area (Å²) >= 11 is 0. The lowest BCUT2D eigenvalue weighted by Gasteiger charge is -2.36. The van der Waals surface area contributed by atoms with Gasteiger partial charge in [0.1, 0.15) is 22.6 Å². The molecule has 8 aromatic rings. The Kier molecular flexibility index (Phi) is 41.3. The molecule has 8 atom stereocenters. The van der Waals surface area contributed by atoms with Crippen LogP contribution in [0.15, 0.2) is 237 Å². The fraction of sp³-hybridized carbons (Fsp3) is 0.451. The van der Waals surface area contributed by atoms with Crippen LogP contribution in [0.25, 0.3) is 10.8 Å². The first-order chi connectivity index (χ1) is 54.1. The van der Waals surface area contributed by atoms with Gasteiger partial charge in [0.15, 0.2) is 0 Å². The molecule has 0 spiro atoms. The highest BCUT2D eigenvalue weighted by molar-refractivity contribution is 5.88. The van der Waals surface area contributed by atoms with Gasteiger partial charge in [0, 0.05) is 134 Å². The molecule has 11 N–H and O–H groups in total. The number of nitrogens with zero attached hydrogens (tertiary/aromatic N) is 5. The summed E-state index contributed by atoms with van der Waals surface area (Å²) in [4.78, 5) is 46.3. The van der Waals surface area contributed by atoms with Gasteiger partial charge in [-0.15, -0.1) is 0 Å². The number of hydrogen-bond acceptors (Lipinski definition) is 21. The molecular weight excluding hydrogens is 1430 g/mol. The maximum Gasteiger partial charge on any atom is 0.519 e. The first kappa shape index (κ1) is 92.9. The maximum atomic E-state index is 11.6. The number of nitrogens with one attached hydrogen (secondary N) is 3. The van der Waals surface area contributed by atoms with Gasteiger partial charge in [0.05, 0.1) is 31.5 Å². The molecule has 0 bridgehead atoms. The molecule has 1 amide bonds. The number of benzene rings is 7. The lowest BCUT2D eigenvalue weighted by atomic mass is 10.0. The van der Waals surface area contributed by atoms with Gasteiger partial charge in [0.2, 0.25) is 0 Å². The van der Waals surface area contributed by atoms with E-state index in [0.29, 0.717) is 19.5 Å². The van der Waals surface area contributed by atoms with Gasteiger partial charge in [-0.1, -0.05) is 206 Å². The average Bonchev–Trinajstić information content (AvgIpc) is 0.822. The summed E-state index contributed by atoms with van der Waals surface area (Å²) < 4.78 is 24.2. The summed E-state index contributed by atoms with van der Waals surface area (Å²) in [7, 11) is 1.70. The van der Waals surface area contributed by atoms with Crippen molar-refractivity contribution < 1.29 is 58.5 Å². The van der Waals surface area contributed by atoms with Gasteiger partial charge in [0.25, 0.3) is 0 Å². The van der Waals surface area contributed by atoms with Crippen molar-refractivity contribution in [3.05, 3.63) is 265 Å². The first-order valence-electron chi connectivity index (χ1n) is 39.5. The number of carbonyl (C=O) groups excluding carboxylic acids is 3. The minimum atomic E-state index is -1.06. The second-order valence-corrected chi connectivity index (χ2v) is 31.5. The van der Waals surface area contributed by atoms with E-state index in [4.69, 9.17) is 35.5 Å². The molecule has 113 heavy (non-hydrogen) atoms. The van der Waals surface area contributed by atoms with Gasteiger partial charge in [-0.3, -0.25) is 19.7 Å². The number of fused-ring (bicyclic) bond motifs is 1. The Bertz CT molecular complexity index is 3720. The molecule has 5 aliphatic rings. The molecule has 22 heteroatoms. The Balaban J connectivity index is 0.000000206. The van der Waals surface area contributed by atoms with Crippen molar-refractivity contribution in [2.75, 3.05) is 72.6 Å². The van der Waals surface area contributed by atoms with Crippen molar-refractivity contribution in [3.63, 3.8) is 0 Å². The Morgan fingerprint density at radius 3 is 1.27 bits per heavy atom. The highest BCUT2D eigenvalue weighted by Crippen LogP contribution is 2.25. The number of methoxy groups -OCH3 is 1. The molecule has 0 saturated carbocycles. The van der Waals surface area contributed by atoms with E-state index in [1.165, 1.54) is 51.6 Å². The molecule has 4 fully saturated rings. The number of nitrogens with two attached hydrogens (primary N) is 2. The van der Waals surface area contributed by atoms with Gasteiger partial charge in [-0.25, -0.2) is 14.4 Å². The molecule has 6 heterocycles. The number of piperidine rings is 4. The number of ether oxygens (including phenoxy) is 5. The zero-order chi connectivity index (χ0) is 81.9. The van der Waals surface area contributed by atoms with Crippen LogP contribution < -0.4 is 32.2 Å². The topological polar surface area (TPSA) is 292 Å². The van der Waals surface area contributed by atoms with Crippen molar-refractivity contribution in [1.29, 1.82) is 0 Å². The summed E-state index contributed by atoms with van der Waals surface area (Å²) in [6.07, 6.45) is 8.42. The zero-order valence-corrected chi connectivity index (χ0v) is 68.2. The number of pyridine rings is 1. The minimum Gasteiger partial charge on any atom is -0.496 e. The number of hydrogen-bond donors (Lipinski definition) is 9. The van der Waals surface area contributed by atoms with Gasteiger partial charge < -0.3 is 76.4 Å². The largest absolute Gasteiger partial charge is 0.519 e. The van der Waals surface area contributed by atoms with E-state index in [2.05, 4.69) is 198 Å². The number of carbonyl (C=O) groups is 3. The Morgan fingerprint density at radius 1 is 0.460 bits per heavy atom. The molecule has 7 aromatic carbocycles. The van der Waals surface area contributed by atoms with E-state index in [1.807, 2.05) is 87.5 Å². The predicted molar refractivity (Wildman–Crippen MR) is 450 cm³/mol. The van der Waals surface area contributed by atoms with Crippen LogP contribution in [0.5, 0.6) is 5.75 Å². The van der Waals surface area contributed by atoms with E-state index in [1.54, 1.807) is 65.9 Å². The summed E-state index contributed by atoms with van der Waals surface area (Å²) in [5.74, 6) is 0.938. The quantitative estimate of drug-likeness (QED) is 0.0224. The van der Waals surface area contributed by atoms with E-state index in [0.717, 1.165) is 104 Å². The Labute approximate surface area is 671 Å².